The number of ether oxygens (including phenoxy) is 1. The summed E-state index contributed by atoms with van der Waals surface area (Å²) in [7, 11) is 1.43. The Labute approximate surface area is 83.8 Å². The average Bonchev–Trinajstić information content (AvgIpc) is 2.72. The molecule has 3 heteroatoms. The summed E-state index contributed by atoms with van der Waals surface area (Å²) in [6.45, 7) is 0. The molecular weight excluding hydrogens is 180 g/mol. The van der Waals surface area contributed by atoms with Crippen molar-refractivity contribution in [3.63, 3.8) is 0 Å². The van der Waals surface area contributed by atoms with Crippen LogP contribution < -0.4 is 0 Å². The lowest BCUT2D eigenvalue weighted by atomic mass is 9.89. The third-order valence-corrected chi connectivity index (χ3v) is 3.76. The van der Waals surface area contributed by atoms with Crippen LogP contribution in [0.2, 0.25) is 0 Å². The van der Waals surface area contributed by atoms with Gasteiger partial charge in [0.05, 0.1) is 7.11 Å². The van der Waals surface area contributed by atoms with Crippen LogP contribution in [-0.4, -0.2) is 18.9 Å². The summed E-state index contributed by atoms with van der Waals surface area (Å²) in [5.74, 6) is 1.43. The number of ketones is 1. The number of hydrogen-bond acceptors (Lipinski definition) is 3. The van der Waals surface area contributed by atoms with Crippen LogP contribution in [0, 0.1) is 17.8 Å². The Bertz CT molecular complexity index is 259. The lowest BCUT2D eigenvalue weighted by Gasteiger charge is -2.15. The van der Waals surface area contributed by atoms with Gasteiger partial charge in [0, 0.05) is 18.8 Å². The van der Waals surface area contributed by atoms with Crippen LogP contribution in [0.5, 0.6) is 0 Å². The Kier molecular flexibility index (Phi) is 2.57. The smallest absolute Gasteiger partial charge is 0.305 e. The van der Waals surface area contributed by atoms with E-state index >= 15 is 0 Å². The molecule has 3 nitrogen and oxygen atoms in total. The molecule has 3 atom stereocenters. The molecule has 0 aromatic carbocycles. The Balaban J connectivity index is 1.96. The molecule has 0 N–H and O–H groups in total. The first-order valence-electron chi connectivity index (χ1n) is 5.32. The Morgan fingerprint density at radius 3 is 2.93 bits per heavy atom. The summed E-state index contributed by atoms with van der Waals surface area (Å²) in [6, 6.07) is 0. The Hall–Kier alpha value is -0.860. The predicted octanol–water partition coefficient (Wildman–Crippen LogP) is 1.55. The van der Waals surface area contributed by atoms with Crippen LogP contribution in [-0.2, 0) is 14.3 Å². The summed E-state index contributed by atoms with van der Waals surface area (Å²) in [6.07, 6.45) is 4.24. The highest BCUT2D eigenvalue weighted by Crippen LogP contribution is 2.46. The molecule has 2 aliphatic rings. The molecular formula is C11H16O3. The molecule has 78 valence electrons. The van der Waals surface area contributed by atoms with Gasteiger partial charge < -0.3 is 4.74 Å². The minimum Gasteiger partial charge on any atom is -0.469 e. The number of rotatable bonds is 2. The van der Waals surface area contributed by atoms with Crippen molar-refractivity contribution in [1.82, 2.24) is 0 Å². The number of carbonyl (C=O) groups excluding carboxylic acids is 2. The SMILES string of the molecule is COC(=O)CC1CCC2C(=O)CCC12. The molecule has 0 aromatic rings. The number of hydrogen-bond donors (Lipinski definition) is 0. The van der Waals surface area contributed by atoms with E-state index < -0.39 is 0 Å². The van der Waals surface area contributed by atoms with Gasteiger partial charge >= 0.3 is 5.97 Å². The van der Waals surface area contributed by atoms with Crippen molar-refractivity contribution in [2.24, 2.45) is 17.8 Å². The van der Waals surface area contributed by atoms with E-state index in [1.807, 2.05) is 0 Å². The number of esters is 1. The fraction of sp³-hybridized carbons (Fsp3) is 0.818. The molecule has 2 aliphatic carbocycles. The van der Waals surface area contributed by atoms with Gasteiger partial charge in [0.25, 0.3) is 0 Å². The van der Waals surface area contributed by atoms with Crippen LogP contribution in [0.4, 0.5) is 0 Å². The zero-order chi connectivity index (χ0) is 10.1. The van der Waals surface area contributed by atoms with Gasteiger partial charge in [0.1, 0.15) is 5.78 Å². The zero-order valence-corrected chi connectivity index (χ0v) is 8.49. The van der Waals surface area contributed by atoms with E-state index in [-0.39, 0.29) is 11.9 Å². The van der Waals surface area contributed by atoms with E-state index in [0.717, 1.165) is 25.7 Å². The second-order valence-corrected chi connectivity index (χ2v) is 4.39. The number of methoxy groups -OCH3 is 1. The second-order valence-electron chi connectivity index (χ2n) is 4.39. The lowest BCUT2D eigenvalue weighted by molar-refractivity contribution is -0.142. The van der Waals surface area contributed by atoms with Gasteiger partial charge in [-0.1, -0.05) is 0 Å². The maximum Gasteiger partial charge on any atom is 0.305 e. The van der Waals surface area contributed by atoms with E-state index in [1.54, 1.807) is 0 Å². The van der Waals surface area contributed by atoms with Crippen molar-refractivity contribution in [2.45, 2.75) is 32.1 Å². The van der Waals surface area contributed by atoms with Crippen LogP contribution in [0.3, 0.4) is 0 Å². The highest BCUT2D eigenvalue weighted by molar-refractivity contribution is 5.84. The van der Waals surface area contributed by atoms with Gasteiger partial charge in [-0.15, -0.1) is 0 Å². The van der Waals surface area contributed by atoms with Crippen molar-refractivity contribution in [3.8, 4) is 0 Å². The van der Waals surface area contributed by atoms with Crippen LogP contribution in [0.15, 0.2) is 0 Å². The number of fused-ring (bicyclic) bond motifs is 1. The monoisotopic (exact) mass is 196 g/mol. The van der Waals surface area contributed by atoms with E-state index in [2.05, 4.69) is 4.74 Å². The summed E-state index contributed by atoms with van der Waals surface area (Å²) < 4.78 is 4.66. The molecule has 14 heavy (non-hydrogen) atoms. The standard InChI is InChI=1S/C11H16O3/c1-14-11(13)6-7-2-3-9-8(7)4-5-10(9)12/h7-9H,2-6H2,1H3. The van der Waals surface area contributed by atoms with Crippen molar-refractivity contribution < 1.29 is 14.3 Å². The molecule has 0 saturated heterocycles. The van der Waals surface area contributed by atoms with E-state index in [9.17, 15) is 9.59 Å². The quantitative estimate of drug-likeness (QED) is 0.629. The lowest BCUT2D eigenvalue weighted by Crippen LogP contribution is -2.16. The van der Waals surface area contributed by atoms with Gasteiger partial charge in [-0.2, -0.15) is 0 Å². The molecule has 0 aliphatic heterocycles. The number of Topliss-reactive ketones (excluding diaryl/α,β-unsaturated/α-hetero) is 1. The third-order valence-electron chi connectivity index (χ3n) is 3.76. The molecule has 2 saturated carbocycles. The average molecular weight is 196 g/mol. The van der Waals surface area contributed by atoms with E-state index in [4.69, 9.17) is 0 Å². The van der Waals surface area contributed by atoms with E-state index in [0.29, 0.717) is 24.0 Å². The summed E-state index contributed by atoms with van der Waals surface area (Å²) in [5.41, 5.74) is 0. The van der Waals surface area contributed by atoms with Crippen LogP contribution in [0.25, 0.3) is 0 Å². The summed E-state index contributed by atoms with van der Waals surface area (Å²) in [4.78, 5) is 22.6. The Morgan fingerprint density at radius 2 is 2.21 bits per heavy atom. The molecule has 0 heterocycles. The van der Waals surface area contributed by atoms with Crippen LogP contribution in [0.1, 0.15) is 32.1 Å². The molecule has 0 aromatic heterocycles. The van der Waals surface area contributed by atoms with Gasteiger partial charge in [0.15, 0.2) is 0 Å². The van der Waals surface area contributed by atoms with Crippen molar-refractivity contribution >= 4 is 11.8 Å². The first-order chi connectivity index (χ1) is 6.72. The van der Waals surface area contributed by atoms with E-state index in [1.165, 1.54) is 7.11 Å². The molecule has 0 amide bonds. The minimum absolute atomic E-state index is 0.130. The van der Waals surface area contributed by atoms with Gasteiger partial charge in [-0.25, -0.2) is 0 Å². The highest BCUT2D eigenvalue weighted by Gasteiger charge is 2.44. The second kappa shape index (κ2) is 3.71. The molecule has 0 radical (unpaired) electrons. The predicted molar refractivity (Wildman–Crippen MR) is 50.6 cm³/mol. The zero-order valence-electron chi connectivity index (χ0n) is 8.49. The topological polar surface area (TPSA) is 43.4 Å². The number of carbonyl (C=O) groups is 2. The maximum atomic E-state index is 11.4. The van der Waals surface area contributed by atoms with Crippen molar-refractivity contribution in [3.05, 3.63) is 0 Å². The van der Waals surface area contributed by atoms with Gasteiger partial charge in [-0.05, 0) is 31.1 Å². The summed E-state index contributed by atoms with van der Waals surface area (Å²) >= 11 is 0. The van der Waals surface area contributed by atoms with Crippen molar-refractivity contribution in [1.29, 1.82) is 0 Å². The largest absolute Gasteiger partial charge is 0.469 e. The van der Waals surface area contributed by atoms with Gasteiger partial charge in [-0.3, -0.25) is 9.59 Å². The molecule has 0 spiro atoms. The normalized spacial score (nSPS) is 35.8. The van der Waals surface area contributed by atoms with Crippen molar-refractivity contribution in [2.75, 3.05) is 7.11 Å². The molecule has 0 bridgehead atoms. The first-order valence-corrected chi connectivity index (χ1v) is 5.32. The maximum absolute atomic E-state index is 11.4. The molecule has 3 unspecified atom stereocenters. The van der Waals surface area contributed by atoms with Crippen LogP contribution >= 0.6 is 0 Å². The Morgan fingerprint density at radius 1 is 1.43 bits per heavy atom. The molecule has 2 rings (SSSR count). The third kappa shape index (κ3) is 1.56. The fourth-order valence-corrected chi connectivity index (χ4v) is 3.03. The minimum atomic E-state index is -0.130. The highest BCUT2D eigenvalue weighted by atomic mass is 16.5. The first kappa shape index (κ1) is 9.69. The molecule has 2 fully saturated rings. The summed E-state index contributed by atoms with van der Waals surface area (Å²) in [5, 5.41) is 0. The fourth-order valence-electron chi connectivity index (χ4n) is 3.03. The van der Waals surface area contributed by atoms with Gasteiger partial charge in [0.2, 0.25) is 0 Å².